The van der Waals surface area contributed by atoms with E-state index in [4.69, 9.17) is 5.73 Å². The number of hydrogen-bond donors (Lipinski definition) is 1. The van der Waals surface area contributed by atoms with E-state index in [1.807, 2.05) is 6.92 Å². The van der Waals surface area contributed by atoms with Crippen molar-refractivity contribution in [1.82, 2.24) is 9.78 Å². The first kappa shape index (κ1) is 8.04. The summed E-state index contributed by atoms with van der Waals surface area (Å²) < 4.78 is 14.8. The van der Waals surface area contributed by atoms with Gasteiger partial charge in [-0.1, -0.05) is 0 Å². The molecule has 0 saturated heterocycles. The molecule has 0 atom stereocenters. The number of fused-ring (bicyclic) bond motifs is 1. The van der Waals surface area contributed by atoms with Crippen molar-refractivity contribution in [3.05, 3.63) is 24.1 Å². The van der Waals surface area contributed by atoms with Gasteiger partial charge in [0.25, 0.3) is 0 Å². The number of anilines is 1. The van der Waals surface area contributed by atoms with Crippen LogP contribution in [-0.4, -0.2) is 9.78 Å². The minimum atomic E-state index is -0.454. The van der Waals surface area contributed by atoms with Gasteiger partial charge in [-0.2, -0.15) is 4.39 Å². The third-order valence-corrected chi connectivity index (χ3v) is 2.03. The quantitative estimate of drug-likeness (QED) is 0.678. The Morgan fingerprint density at radius 2 is 2.31 bits per heavy atom. The van der Waals surface area contributed by atoms with Crippen molar-refractivity contribution in [3.8, 4) is 0 Å². The smallest absolute Gasteiger partial charge is 0.240 e. The van der Waals surface area contributed by atoms with Crippen molar-refractivity contribution >= 4 is 16.6 Å². The largest absolute Gasteiger partial charge is 0.399 e. The maximum Gasteiger partial charge on any atom is 0.240 e. The van der Waals surface area contributed by atoms with E-state index in [0.717, 1.165) is 5.52 Å². The molecule has 2 aromatic rings. The molecular formula is C9H10FN3. The summed E-state index contributed by atoms with van der Waals surface area (Å²) in [5, 5.41) is 4.23. The molecule has 0 aliphatic carbocycles. The zero-order chi connectivity index (χ0) is 9.42. The summed E-state index contributed by atoms with van der Waals surface area (Å²) in [5.74, 6) is -0.454. The molecule has 4 heteroatoms. The predicted octanol–water partition coefficient (Wildman–Crippen LogP) is 1.78. The fourth-order valence-corrected chi connectivity index (χ4v) is 1.40. The summed E-state index contributed by atoms with van der Waals surface area (Å²) in [4.78, 5) is 0. The Balaban J connectivity index is 2.80. The summed E-state index contributed by atoms with van der Waals surface area (Å²) in [5.41, 5.74) is 6.88. The monoisotopic (exact) mass is 179 g/mol. The van der Waals surface area contributed by atoms with Crippen LogP contribution in [0.5, 0.6) is 0 Å². The Labute approximate surface area is 75.0 Å². The van der Waals surface area contributed by atoms with Gasteiger partial charge in [0.15, 0.2) is 0 Å². The van der Waals surface area contributed by atoms with Crippen LogP contribution in [0.1, 0.15) is 6.92 Å². The minimum absolute atomic E-state index is 0.454. The van der Waals surface area contributed by atoms with Crippen molar-refractivity contribution in [1.29, 1.82) is 0 Å². The number of halogens is 1. The molecular weight excluding hydrogens is 169 g/mol. The molecule has 1 aromatic heterocycles. The van der Waals surface area contributed by atoms with Gasteiger partial charge in [-0.3, -0.25) is 4.68 Å². The summed E-state index contributed by atoms with van der Waals surface area (Å²) >= 11 is 0. The number of rotatable bonds is 1. The van der Waals surface area contributed by atoms with Gasteiger partial charge in [-0.15, -0.1) is 5.10 Å². The van der Waals surface area contributed by atoms with Crippen LogP contribution >= 0.6 is 0 Å². The predicted molar refractivity (Wildman–Crippen MR) is 49.8 cm³/mol. The minimum Gasteiger partial charge on any atom is -0.399 e. The molecule has 3 nitrogen and oxygen atoms in total. The zero-order valence-electron chi connectivity index (χ0n) is 7.29. The van der Waals surface area contributed by atoms with Crippen LogP contribution in [0.2, 0.25) is 0 Å². The van der Waals surface area contributed by atoms with Crippen LogP contribution in [0, 0.1) is 5.95 Å². The van der Waals surface area contributed by atoms with Crippen LogP contribution in [0.25, 0.3) is 10.9 Å². The van der Waals surface area contributed by atoms with Gasteiger partial charge in [-0.25, -0.2) is 0 Å². The number of aromatic nitrogens is 2. The molecule has 0 aliphatic rings. The lowest BCUT2D eigenvalue weighted by Gasteiger charge is -1.97. The molecule has 0 amide bonds. The van der Waals surface area contributed by atoms with Gasteiger partial charge in [0, 0.05) is 12.2 Å². The summed E-state index contributed by atoms with van der Waals surface area (Å²) in [6.45, 7) is 2.58. The first-order valence-electron chi connectivity index (χ1n) is 4.14. The SMILES string of the molecule is CCn1nc(F)c2cc(N)ccc21. The van der Waals surface area contributed by atoms with Gasteiger partial charge >= 0.3 is 0 Å². The van der Waals surface area contributed by atoms with Crippen molar-refractivity contribution in [3.63, 3.8) is 0 Å². The Bertz CT molecular complexity index is 447. The summed E-state index contributed by atoms with van der Waals surface area (Å²) in [6, 6.07) is 5.13. The Hall–Kier alpha value is -1.58. The second-order valence-corrected chi connectivity index (χ2v) is 2.88. The van der Waals surface area contributed by atoms with Gasteiger partial charge in [0.05, 0.1) is 10.9 Å². The first-order valence-corrected chi connectivity index (χ1v) is 4.14. The van der Waals surface area contributed by atoms with Gasteiger partial charge < -0.3 is 5.73 Å². The second-order valence-electron chi connectivity index (χ2n) is 2.88. The highest BCUT2D eigenvalue weighted by molar-refractivity contribution is 5.82. The van der Waals surface area contributed by atoms with Crippen molar-refractivity contribution in [2.45, 2.75) is 13.5 Å². The van der Waals surface area contributed by atoms with Crippen LogP contribution in [0.4, 0.5) is 10.1 Å². The third-order valence-electron chi connectivity index (χ3n) is 2.03. The summed E-state index contributed by atoms with van der Waals surface area (Å²) in [7, 11) is 0. The second kappa shape index (κ2) is 2.73. The number of nitrogens with two attached hydrogens (primary N) is 1. The Kier molecular flexibility index (Phi) is 1.69. The molecule has 0 bridgehead atoms. The number of hydrogen-bond acceptors (Lipinski definition) is 2. The van der Waals surface area contributed by atoms with Gasteiger partial charge in [0.2, 0.25) is 5.95 Å². The van der Waals surface area contributed by atoms with E-state index < -0.39 is 5.95 Å². The van der Waals surface area contributed by atoms with Crippen molar-refractivity contribution in [2.75, 3.05) is 5.73 Å². The molecule has 68 valence electrons. The first-order chi connectivity index (χ1) is 6.22. The fraction of sp³-hybridized carbons (Fsp3) is 0.222. The van der Waals surface area contributed by atoms with Crippen LogP contribution in [0.3, 0.4) is 0 Å². The molecule has 1 aromatic carbocycles. The average Bonchev–Trinajstić information content (AvgIpc) is 2.43. The zero-order valence-corrected chi connectivity index (χ0v) is 7.29. The highest BCUT2D eigenvalue weighted by Gasteiger charge is 2.08. The highest BCUT2D eigenvalue weighted by Crippen LogP contribution is 2.19. The molecule has 13 heavy (non-hydrogen) atoms. The molecule has 0 spiro atoms. The van der Waals surface area contributed by atoms with Gasteiger partial charge in [-0.05, 0) is 25.1 Å². The topological polar surface area (TPSA) is 43.8 Å². The van der Waals surface area contributed by atoms with E-state index in [0.29, 0.717) is 17.6 Å². The lowest BCUT2D eigenvalue weighted by molar-refractivity contribution is 0.543. The number of aryl methyl sites for hydroxylation is 1. The average molecular weight is 179 g/mol. The lowest BCUT2D eigenvalue weighted by atomic mass is 10.2. The lowest BCUT2D eigenvalue weighted by Crippen LogP contribution is -1.95. The molecule has 2 rings (SSSR count). The van der Waals surface area contributed by atoms with Crippen LogP contribution in [-0.2, 0) is 6.54 Å². The molecule has 1 heterocycles. The molecule has 0 unspecified atom stereocenters. The molecule has 0 aliphatic heterocycles. The van der Waals surface area contributed by atoms with E-state index >= 15 is 0 Å². The number of nitrogen functional groups attached to an aromatic ring is 1. The van der Waals surface area contributed by atoms with Crippen molar-refractivity contribution in [2.24, 2.45) is 0 Å². The van der Waals surface area contributed by atoms with E-state index in [2.05, 4.69) is 5.10 Å². The molecule has 0 fully saturated rings. The van der Waals surface area contributed by atoms with E-state index in [9.17, 15) is 4.39 Å². The van der Waals surface area contributed by atoms with Crippen LogP contribution < -0.4 is 5.73 Å². The standard InChI is InChI=1S/C9H10FN3/c1-2-13-8-4-3-6(11)5-7(8)9(10)12-13/h3-5H,2,11H2,1H3. The molecule has 0 radical (unpaired) electrons. The maximum absolute atomic E-state index is 13.2. The molecule has 0 saturated carbocycles. The van der Waals surface area contributed by atoms with E-state index in [-0.39, 0.29) is 0 Å². The maximum atomic E-state index is 13.2. The summed E-state index contributed by atoms with van der Waals surface area (Å²) in [6.07, 6.45) is 0. The Morgan fingerprint density at radius 1 is 1.54 bits per heavy atom. The Morgan fingerprint density at radius 3 is 3.00 bits per heavy atom. The van der Waals surface area contributed by atoms with Gasteiger partial charge in [0.1, 0.15) is 0 Å². The van der Waals surface area contributed by atoms with Crippen LogP contribution in [0.15, 0.2) is 18.2 Å². The normalized spacial score (nSPS) is 10.9. The number of benzene rings is 1. The fourth-order valence-electron chi connectivity index (χ4n) is 1.40. The third kappa shape index (κ3) is 1.14. The van der Waals surface area contributed by atoms with E-state index in [1.54, 1.807) is 22.9 Å². The van der Waals surface area contributed by atoms with Crippen molar-refractivity contribution < 1.29 is 4.39 Å². The molecule has 2 N–H and O–H groups in total. The number of nitrogens with zero attached hydrogens (tertiary/aromatic N) is 2. The highest BCUT2D eigenvalue weighted by atomic mass is 19.1. The van der Waals surface area contributed by atoms with E-state index in [1.165, 1.54) is 0 Å².